The summed E-state index contributed by atoms with van der Waals surface area (Å²) in [6.07, 6.45) is 21.1. The van der Waals surface area contributed by atoms with Crippen molar-refractivity contribution in [3.8, 4) is 0 Å². The van der Waals surface area contributed by atoms with E-state index in [1.807, 2.05) is 36.5 Å². The summed E-state index contributed by atoms with van der Waals surface area (Å²) < 4.78 is 0. The summed E-state index contributed by atoms with van der Waals surface area (Å²) >= 11 is 0. The van der Waals surface area contributed by atoms with Crippen LogP contribution in [0.25, 0.3) is 0 Å². The van der Waals surface area contributed by atoms with E-state index in [1.165, 1.54) is 5.57 Å². The van der Waals surface area contributed by atoms with Crippen LogP contribution in [-0.4, -0.2) is 17.1 Å². The summed E-state index contributed by atoms with van der Waals surface area (Å²) in [7, 11) is 0. The van der Waals surface area contributed by atoms with Crippen LogP contribution in [0.15, 0.2) is 71.9 Å². The lowest BCUT2D eigenvalue weighted by molar-refractivity contribution is -0.139. The molecule has 0 heterocycles. The second kappa shape index (κ2) is 4.76. The summed E-state index contributed by atoms with van der Waals surface area (Å²) in [6.45, 7) is 0. The van der Waals surface area contributed by atoms with E-state index in [1.54, 1.807) is 0 Å². The van der Waals surface area contributed by atoms with Gasteiger partial charge in [0.2, 0.25) is 0 Å². The topological polar surface area (TPSA) is 63.3 Å². The molecular formula is C17H17NO2. The number of carboxylic acid groups (broad SMARTS) is 1. The fourth-order valence-corrected chi connectivity index (χ4v) is 3.23. The Bertz CT molecular complexity index is 619. The van der Waals surface area contributed by atoms with Gasteiger partial charge in [0.1, 0.15) is 6.04 Å². The highest BCUT2D eigenvalue weighted by molar-refractivity contribution is 5.75. The van der Waals surface area contributed by atoms with Crippen LogP contribution in [0.5, 0.6) is 0 Å². The molecule has 0 aromatic carbocycles. The third kappa shape index (κ3) is 1.82. The van der Waals surface area contributed by atoms with E-state index in [2.05, 4.69) is 24.3 Å². The van der Waals surface area contributed by atoms with Gasteiger partial charge in [0, 0.05) is 11.3 Å². The van der Waals surface area contributed by atoms with Crippen molar-refractivity contribution in [3.63, 3.8) is 0 Å². The highest BCUT2D eigenvalue weighted by atomic mass is 16.4. The number of rotatable bonds is 2. The first-order chi connectivity index (χ1) is 9.65. The molecule has 0 aromatic heterocycles. The molecule has 3 nitrogen and oxygen atoms in total. The zero-order valence-corrected chi connectivity index (χ0v) is 11.1. The van der Waals surface area contributed by atoms with E-state index >= 15 is 0 Å². The molecule has 3 N–H and O–H groups in total. The van der Waals surface area contributed by atoms with Gasteiger partial charge < -0.3 is 10.8 Å². The molecule has 0 amide bonds. The van der Waals surface area contributed by atoms with Gasteiger partial charge in [-0.1, -0.05) is 60.8 Å². The first-order valence-corrected chi connectivity index (χ1v) is 6.75. The predicted molar refractivity (Wildman–Crippen MR) is 78.9 cm³/mol. The Kier molecular flexibility index (Phi) is 3.07. The molecule has 0 radical (unpaired) electrons. The maximum absolute atomic E-state index is 11.3. The first kappa shape index (κ1) is 12.9. The van der Waals surface area contributed by atoms with Gasteiger partial charge in [-0.3, -0.25) is 4.79 Å². The van der Waals surface area contributed by atoms with Crippen molar-refractivity contribution in [2.75, 3.05) is 0 Å². The first-order valence-electron chi connectivity index (χ1n) is 6.75. The molecule has 0 bridgehead atoms. The molecule has 1 spiro atoms. The number of hydrogen-bond acceptors (Lipinski definition) is 2. The van der Waals surface area contributed by atoms with E-state index in [-0.39, 0.29) is 11.3 Å². The maximum Gasteiger partial charge on any atom is 0.321 e. The lowest BCUT2D eigenvalue weighted by Gasteiger charge is -2.40. The Hall–Kier alpha value is -2.13. The lowest BCUT2D eigenvalue weighted by atomic mass is 9.63. The molecule has 0 aromatic rings. The summed E-state index contributed by atoms with van der Waals surface area (Å²) in [5.74, 6) is -1.26. The third-order valence-electron chi connectivity index (χ3n) is 4.27. The van der Waals surface area contributed by atoms with Gasteiger partial charge in [0.15, 0.2) is 0 Å². The molecule has 3 atom stereocenters. The molecule has 0 aliphatic heterocycles. The van der Waals surface area contributed by atoms with E-state index in [0.29, 0.717) is 0 Å². The van der Waals surface area contributed by atoms with Gasteiger partial charge >= 0.3 is 5.97 Å². The van der Waals surface area contributed by atoms with Gasteiger partial charge in [0.25, 0.3) is 0 Å². The van der Waals surface area contributed by atoms with Crippen LogP contribution < -0.4 is 5.73 Å². The monoisotopic (exact) mass is 267 g/mol. The summed E-state index contributed by atoms with van der Waals surface area (Å²) in [4.78, 5) is 11.3. The Morgan fingerprint density at radius 3 is 2.95 bits per heavy atom. The third-order valence-corrected chi connectivity index (χ3v) is 4.27. The Morgan fingerprint density at radius 2 is 2.15 bits per heavy atom. The fraction of sp³-hybridized carbons (Fsp3) is 0.235. The average molecular weight is 267 g/mol. The zero-order valence-electron chi connectivity index (χ0n) is 11.1. The van der Waals surface area contributed by atoms with Crippen LogP contribution in [0.1, 0.15) is 6.42 Å². The number of nitrogens with two attached hydrogens (primary N) is 1. The summed E-state index contributed by atoms with van der Waals surface area (Å²) in [5, 5.41) is 9.26. The lowest BCUT2D eigenvalue weighted by Crippen LogP contribution is -2.42. The minimum atomic E-state index is -0.968. The van der Waals surface area contributed by atoms with E-state index in [0.717, 1.165) is 12.0 Å². The highest BCUT2D eigenvalue weighted by Gasteiger charge is 2.42. The van der Waals surface area contributed by atoms with Gasteiger partial charge in [-0.25, -0.2) is 0 Å². The number of carbonyl (C=O) groups is 1. The maximum atomic E-state index is 11.3. The smallest absolute Gasteiger partial charge is 0.321 e. The molecule has 3 rings (SSSR count). The fourth-order valence-electron chi connectivity index (χ4n) is 3.23. The van der Waals surface area contributed by atoms with Crippen molar-refractivity contribution >= 4 is 5.97 Å². The zero-order chi connectivity index (χ0) is 14.2. The minimum absolute atomic E-state index is 0.245. The van der Waals surface area contributed by atoms with E-state index < -0.39 is 12.0 Å². The Labute approximate surface area is 118 Å². The molecule has 0 fully saturated rings. The van der Waals surface area contributed by atoms with Crippen LogP contribution >= 0.6 is 0 Å². The van der Waals surface area contributed by atoms with Gasteiger partial charge in [-0.05, 0) is 17.6 Å². The summed E-state index contributed by atoms with van der Waals surface area (Å²) in [5.41, 5.74) is 7.91. The van der Waals surface area contributed by atoms with Gasteiger partial charge in [0.05, 0.1) is 0 Å². The molecule has 2 unspecified atom stereocenters. The predicted octanol–water partition coefficient (Wildman–Crippen LogP) is 2.51. The molecule has 3 aliphatic rings. The number of hydrogen-bond donors (Lipinski definition) is 2. The molecule has 102 valence electrons. The quantitative estimate of drug-likeness (QED) is 0.808. The van der Waals surface area contributed by atoms with Crippen molar-refractivity contribution in [1.82, 2.24) is 0 Å². The normalized spacial score (nSPS) is 31.8. The van der Waals surface area contributed by atoms with Crippen LogP contribution in [0.2, 0.25) is 0 Å². The van der Waals surface area contributed by atoms with Crippen molar-refractivity contribution < 1.29 is 9.90 Å². The van der Waals surface area contributed by atoms with Crippen LogP contribution in [0.4, 0.5) is 0 Å². The molecule has 0 saturated carbocycles. The van der Waals surface area contributed by atoms with Crippen molar-refractivity contribution in [1.29, 1.82) is 0 Å². The Morgan fingerprint density at radius 1 is 1.30 bits per heavy atom. The van der Waals surface area contributed by atoms with Crippen LogP contribution in [-0.2, 0) is 4.79 Å². The van der Waals surface area contributed by atoms with Crippen LogP contribution in [0.3, 0.4) is 0 Å². The largest absolute Gasteiger partial charge is 0.480 e. The number of allylic oxidation sites excluding steroid dienone is 10. The molecule has 0 saturated heterocycles. The highest BCUT2D eigenvalue weighted by Crippen LogP contribution is 2.50. The molecule has 3 heteroatoms. The molecule has 3 aliphatic carbocycles. The second-order valence-corrected chi connectivity index (χ2v) is 5.34. The SMILES string of the molecule is N[C@H](C(=O)O)C1C=CC=C2C=CC=CC23CC=CC=C13. The van der Waals surface area contributed by atoms with Gasteiger partial charge in [-0.2, -0.15) is 0 Å². The summed E-state index contributed by atoms with van der Waals surface area (Å²) in [6, 6.07) is -0.923. The van der Waals surface area contributed by atoms with Crippen molar-refractivity contribution in [2.24, 2.45) is 17.1 Å². The number of aliphatic carboxylic acids is 1. The average Bonchev–Trinajstić information content (AvgIpc) is 2.62. The number of carboxylic acids is 1. The standard InChI is InChI=1S/C17H17NO2/c18-15(16(19)20)13-8-5-7-12-6-1-3-10-17(12)11-4-2-9-14(13)17/h1-10,13,15H,11,18H2,(H,19,20)/t13?,15-,17?/m0/s1. The van der Waals surface area contributed by atoms with Gasteiger partial charge in [-0.15, -0.1) is 0 Å². The van der Waals surface area contributed by atoms with Crippen molar-refractivity contribution in [3.05, 3.63) is 71.9 Å². The van der Waals surface area contributed by atoms with E-state index in [4.69, 9.17) is 5.73 Å². The molecule has 20 heavy (non-hydrogen) atoms. The van der Waals surface area contributed by atoms with E-state index in [9.17, 15) is 9.90 Å². The molecular weight excluding hydrogens is 250 g/mol. The Balaban J connectivity index is 2.13. The minimum Gasteiger partial charge on any atom is -0.480 e. The second-order valence-electron chi connectivity index (χ2n) is 5.34. The van der Waals surface area contributed by atoms with Crippen molar-refractivity contribution in [2.45, 2.75) is 12.5 Å². The van der Waals surface area contributed by atoms with Crippen LogP contribution in [0, 0.1) is 11.3 Å².